The lowest BCUT2D eigenvalue weighted by Gasteiger charge is -2.12. The molecule has 33 heavy (non-hydrogen) atoms. The van der Waals surface area contributed by atoms with Gasteiger partial charge in [0.25, 0.3) is 5.56 Å². The Morgan fingerprint density at radius 1 is 1.12 bits per heavy atom. The molecule has 4 aromatic rings. The molecule has 170 valence electrons. The third kappa shape index (κ3) is 5.46. The van der Waals surface area contributed by atoms with Crippen molar-refractivity contribution in [1.29, 1.82) is 0 Å². The van der Waals surface area contributed by atoms with E-state index >= 15 is 0 Å². The van der Waals surface area contributed by atoms with E-state index in [0.29, 0.717) is 34.3 Å². The minimum absolute atomic E-state index is 0.119. The third-order valence-corrected chi connectivity index (χ3v) is 6.28. The monoisotopic (exact) mass is 481 g/mol. The maximum absolute atomic E-state index is 13.3. The summed E-state index contributed by atoms with van der Waals surface area (Å²) in [7, 11) is 0. The highest BCUT2D eigenvalue weighted by molar-refractivity contribution is 7.99. The van der Waals surface area contributed by atoms with Gasteiger partial charge in [0, 0.05) is 17.3 Å². The van der Waals surface area contributed by atoms with Gasteiger partial charge in [-0.15, -0.1) is 0 Å². The molecule has 0 fully saturated rings. The number of anilines is 1. The van der Waals surface area contributed by atoms with Gasteiger partial charge in [0.1, 0.15) is 5.52 Å². The highest BCUT2D eigenvalue weighted by Crippen LogP contribution is 2.20. The summed E-state index contributed by atoms with van der Waals surface area (Å²) in [5, 5.41) is 8.39. The fourth-order valence-corrected chi connectivity index (χ4v) is 4.51. The number of hydrogen-bond donors (Lipinski definition) is 1. The summed E-state index contributed by atoms with van der Waals surface area (Å²) in [6, 6.07) is 13.2. The molecule has 2 heterocycles. The molecule has 2 aromatic heterocycles. The van der Waals surface area contributed by atoms with Crippen LogP contribution in [-0.4, -0.2) is 31.0 Å². The smallest absolute Gasteiger partial charge is 0.282 e. The van der Waals surface area contributed by atoms with Crippen molar-refractivity contribution in [3.63, 3.8) is 0 Å². The number of nitrogens with one attached hydrogen (secondary N) is 1. The van der Waals surface area contributed by atoms with Gasteiger partial charge in [-0.2, -0.15) is 5.10 Å². The van der Waals surface area contributed by atoms with Gasteiger partial charge in [-0.1, -0.05) is 41.6 Å². The Hall–Kier alpha value is -3.10. The number of carbonyl (C=O) groups excluding carboxylic acids is 1. The van der Waals surface area contributed by atoms with E-state index < -0.39 is 0 Å². The van der Waals surface area contributed by atoms with Crippen molar-refractivity contribution in [1.82, 2.24) is 19.3 Å². The molecule has 7 nitrogen and oxygen atoms in total. The second-order valence-electron chi connectivity index (χ2n) is 7.84. The van der Waals surface area contributed by atoms with Crippen LogP contribution in [0, 0.1) is 13.8 Å². The number of thioether (sulfide) groups is 1. The van der Waals surface area contributed by atoms with E-state index in [1.54, 1.807) is 27.6 Å². The van der Waals surface area contributed by atoms with Crippen molar-refractivity contribution in [3.8, 4) is 0 Å². The van der Waals surface area contributed by atoms with Crippen LogP contribution in [0.2, 0.25) is 5.02 Å². The molecule has 9 heteroatoms. The quantitative estimate of drug-likeness (QED) is 0.306. The predicted octanol–water partition coefficient (Wildman–Crippen LogP) is 4.66. The first-order chi connectivity index (χ1) is 15.8. The van der Waals surface area contributed by atoms with Gasteiger partial charge in [-0.3, -0.25) is 18.8 Å². The van der Waals surface area contributed by atoms with Gasteiger partial charge in [-0.05, 0) is 61.7 Å². The van der Waals surface area contributed by atoms with E-state index in [9.17, 15) is 9.59 Å². The zero-order valence-electron chi connectivity index (χ0n) is 18.6. The summed E-state index contributed by atoms with van der Waals surface area (Å²) in [4.78, 5) is 30.6. The molecule has 0 saturated heterocycles. The fraction of sp³-hybridized carbons (Fsp3) is 0.250. The Morgan fingerprint density at radius 2 is 1.82 bits per heavy atom. The lowest BCUT2D eigenvalue weighted by atomic mass is 10.1. The van der Waals surface area contributed by atoms with E-state index in [4.69, 9.17) is 11.6 Å². The molecule has 0 unspecified atom stereocenters. The van der Waals surface area contributed by atoms with Crippen LogP contribution in [0.15, 0.2) is 58.6 Å². The molecule has 1 amide bonds. The van der Waals surface area contributed by atoms with Crippen molar-refractivity contribution in [3.05, 3.63) is 80.7 Å². The van der Waals surface area contributed by atoms with Gasteiger partial charge >= 0.3 is 0 Å². The SMILES string of the molecule is CCn1cc2nc(SCC(=O)Nc3cc(C)cc(C)c3)n(Cc3ccc(Cl)cc3)c(=O)c2n1. The number of aryl methyl sites for hydroxylation is 3. The van der Waals surface area contributed by atoms with Gasteiger partial charge in [0.05, 0.1) is 18.5 Å². The average molecular weight is 482 g/mol. The van der Waals surface area contributed by atoms with Crippen LogP contribution in [0.5, 0.6) is 0 Å². The minimum atomic E-state index is -0.237. The maximum atomic E-state index is 13.3. The first-order valence-corrected chi connectivity index (χ1v) is 11.9. The Labute approximate surface area is 200 Å². The summed E-state index contributed by atoms with van der Waals surface area (Å²) in [5.41, 5.74) is 4.41. The Bertz CT molecular complexity index is 1360. The lowest BCUT2D eigenvalue weighted by molar-refractivity contribution is -0.113. The van der Waals surface area contributed by atoms with E-state index in [1.165, 1.54) is 11.8 Å². The second kappa shape index (κ2) is 9.80. The lowest BCUT2D eigenvalue weighted by Crippen LogP contribution is -2.25. The third-order valence-electron chi connectivity index (χ3n) is 5.05. The van der Waals surface area contributed by atoms with E-state index in [1.807, 2.05) is 45.0 Å². The molecule has 0 spiro atoms. The summed E-state index contributed by atoms with van der Waals surface area (Å²) in [6.45, 7) is 6.86. The molecule has 0 aliphatic heterocycles. The van der Waals surface area contributed by atoms with Crippen molar-refractivity contribution in [2.45, 2.75) is 39.0 Å². The number of benzene rings is 2. The van der Waals surface area contributed by atoms with Gasteiger partial charge in [-0.25, -0.2) is 4.98 Å². The predicted molar refractivity (Wildman–Crippen MR) is 133 cm³/mol. The van der Waals surface area contributed by atoms with Gasteiger partial charge in [0.2, 0.25) is 5.91 Å². The Balaban J connectivity index is 1.62. The second-order valence-corrected chi connectivity index (χ2v) is 9.22. The number of fused-ring (bicyclic) bond motifs is 1. The number of hydrogen-bond acceptors (Lipinski definition) is 5. The molecule has 0 aliphatic carbocycles. The summed E-state index contributed by atoms with van der Waals surface area (Å²) >= 11 is 7.23. The van der Waals surface area contributed by atoms with Crippen LogP contribution < -0.4 is 10.9 Å². The topological polar surface area (TPSA) is 81.8 Å². The molecule has 2 aromatic carbocycles. The average Bonchev–Trinajstić information content (AvgIpc) is 3.19. The summed E-state index contributed by atoms with van der Waals surface area (Å²) in [5.74, 6) is -0.0466. The number of rotatable bonds is 7. The number of amides is 1. The van der Waals surface area contributed by atoms with Crippen LogP contribution in [0.25, 0.3) is 11.0 Å². The van der Waals surface area contributed by atoms with E-state index in [0.717, 1.165) is 22.4 Å². The molecule has 0 aliphatic rings. The first-order valence-electron chi connectivity index (χ1n) is 10.6. The molecule has 0 atom stereocenters. The van der Waals surface area contributed by atoms with Crippen LogP contribution in [-0.2, 0) is 17.9 Å². The number of nitrogens with zero attached hydrogens (tertiary/aromatic N) is 4. The van der Waals surface area contributed by atoms with E-state index in [2.05, 4.69) is 21.5 Å². The zero-order valence-corrected chi connectivity index (χ0v) is 20.2. The van der Waals surface area contributed by atoms with Crippen LogP contribution in [0.4, 0.5) is 5.69 Å². The highest BCUT2D eigenvalue weighted by Gasteiger charge is 2.16. The molecule has 0 bridgehead atoms. The van der Waals surface area contributed by atoms with Crippen molar-refractivity contribution in [2.24, 2.45) is 0 Å². The standard InChI is InChI=1S/C24H24ClN5O2S/c1-4-29-13-20-22(28-29)23(32)30(12-17-5-7-18(25)8-6-17)24(27-20)33-14-21(31)26-19-10-15(2)9-16(3)11-19/h5-11,13H,4,12,14H2,1-3H3,(H,26,31). The highest BCUT2D eigenvalue weighted by atomic mass is 35.5. The number of carbonyl (C=O) groups is 1. The van der Waals surface area contributed by atoms with Crippen molar-refractivity contribution >= 4 is 46.0 Å². The zero-order chi connectivity index (χ0) is 23.5. The van der Waals surface area contributed by atoms with Gasteiger partial charge < -0.3 is 5.32 Å². The van der Waals surface area contributed by atoms with Crippen molar-refractivity contribution < 1.29 is 4.79 Å². The number of halogens is 1. The van der Waals surface area contributed by atoms with Gasteiger partial charge in [0.15, 0.2) is 10.7 Å². The molecule has 0 saturated carbocycles. The summed E-state index contributed by atoms with van der Waals surface area (Å²) in [6.07, 6.45) is 1.75. The largest absolute Gasteiger partial charge is 0.325 e. The molecule has 0 radical (unpaired) electrons. The maximum Gasteiger partial charge on any atom is 0.282 e. The van der Waals surface area contributed by atoms with Crippen LogP contribution >= 0.6 is 23.4 Å². The minimum Gasteiger partial charge on any atom is -0.325 e. The molecule has 1 N–H and O–H groups in total. The first kappa shape index (κ1) is 23.1. The van der Waals surface area contributed by atoms with Crippen LogP contribution in [0.3, 0.4) is 0 Å². The molecular formula is C24H24ClN5O2S. The normalized spacial score (nSPS) is 11.2. The van der Waals surface area contributed by atoms with E-state index in [-0.39, 0.29) is 17.2 Å². The molecule has 4 rings (SSSR count). The Kier molecular flexibility index (Phi) is 6.85. The fourth-order valence-electron chi connectivity index (χ4n) is 3.58. The molecular weight excluding hydrogens is 458 g/mol. The van der Waals surface area contributed by atoms with Crippen molar-refractivity contribution in [2.75, 3.05) is 11.1 Å². The number of aromatic nitrogens is 4. The van der Waals surface area contributed by atoms with Crippen LogP contribution in [0.1, 0.15) is 23.6 Å². The Morgan fingerprint density at radius 3 is 2.48 bits per heavy atom. The summed E-state index contributed by atoms with van der Waals surface area (Å²) < 4.78 is 3.25.